The van der Waals surface area contributed by atoms with Crippen LogP contribution in [0.2, 0.25) is 0 Å². The molecule has 1 saturated carbocycles. The maximum Gasteiger partial charge on any atom is 0.260 e. The quantitative estimate of drug-likeness (QED) is 0.828. The van der Waals surface area contributed by atoms with Gasteiger partial charge < -0.3 is 9.64 Å². The SMILES string of the molecule is CC(C)N(C(=O)COc1ccc(Br)cc1F)C1CC1. The van der Waals surface area contributed by atoms with Crippen LogP contribution in [-0.4, -0.2) is 29.5 Å². The van der Waals surface area contributed by atoms with Gasteiger partial charge in [-0.2, -0.15) is 0 Å². The van der Waals surface area contributed by atoms with Gasteiger partial charge in [0.1, 0.15) is 0 Å². The van der Waals surface area contributed by atoms with E-state index in [9.17, 15) is 9.18 Å². The van der Waals surface area contributed by atoms with Crippen LogP contribution in [0.15, 0.2) is 22.7 Å². The molecule has 1 aliphatic rings. The molecule has 0 atom stereocenters. The molecule has 1 aromatic rings. The van der Waals surface area contributed by atoms with E-state index >= 15 is 0 Å². The largest absolute Gasteiger partial charge is 0.481 e. The highest BCUT2D eigenvalue weighted by molar-refractivity contribution is 9.10. The summed E-state index contributed by atoms with van der Waals surface area (Å²) in [5.41, 5.74) is 0. The molecule has 0 bridgehead atoms. The Balaban J connectivity index is 1.95. The van der Waals surface area contributed by atoms with E-state index in [1.165, 1.54) is 12.1 Å². The van der Waals surface area contributed by atoms with Gasteiger partial charge in [0.25, 0.3) is 5.91 Å². The summed E-state index contributed by atoms with van der Waals surface area (Å²) in [6, 6.07) is 5.01. The number of carbonyl (C=O) groups is 1. The Morgan fingerprint density at radius 2 is 2.21 bits per heavy atom. The van der Waals surface area contributed by atoms with Crippen LogP contribution in [0.25, 0.3) is 0 Å². The van der Waals surface area contributed by atoms with E-state index in [1.807, 2.05) is 18.7 Å². The second-order valence-electron chi connectivity index (χ2n) is 4.99. The highest BCUT2D eigenvalue weighted by Gasteiger charge is 2.34. The van der Waals surface area contributed by atoms with Gasteiger partial charge in [-0.3, -0.25) is 4.79 Å². The van der Waals surface area contributed by atoms with E-state index in [0.717, 1.165) is 12.8 Å². The van der Waals surface area contributed by atoms with Gasteiger partial charge in [0.05, 0.1) is 0 Å². The number of ether oxygens (including phenoxy) is 1. The molecule has 5 heteroatoms. The first-order valence-electron chi connectivity index (χ1n) is 6.38. The number of hydrogen-bond acceptors (Lipinski definition) is 2. The second-order valence-corrected chi connectivity index (χ2v) is 5.91. The van der Waals surface area contributed by atoms with Gasteiger partial charge >= 0.3 is 0 Å². The van der Waals surface area contributed by atoms with E-state index in [2.05, 4.69) is 15.9 Å². The van der Waals surface area contributed by atoms with Crippen LogP contribution in [0.5, 0.6) is 5.75 Å². The molecule has 1 amide bonds. The molecule has 0 unspecified atom stereocenters. The lowest BCUT2D eigenvalue weighted by Crippen LogP contribution is -2.41. The standard InChI is InChI=1S/C14H17BrFNO2/c1-9(2)17(11-4-5-11)14(18)8-19-13-6-3-10(15)7-12(13)16/h3,6-7,9,11H,4-5,8H2,1-2H3. The fourth-order valence-corrected chi connectivity index (χ4v) is 2.41. The van der Waals surface area contributed by atoms with Crippen molar-refractivity contribution in [2.75, 3.05) is 6.61 Å². The highest BCUT2D eigenvalue weighted by Crippen LogP contribution is 2.29. The van der Waals surface area contributed by atoms with Crippen LogP contribution in [0, 0.1) is 5.82 Å². The van der Waals surface area contributed by atoms with Crippen molar-refractivity contribution in [2.24, 2.45) is 0 Å². The summed E-state index contributed by atoms with van der Waals surface area (Å²) in [4.78, 5) is 13.9. The number of amides is 1. The third-order valence-electron chi connectivity index (χ3n) is 3.03. The van der Waals surface area contributed by atoms with Crippen molar-refractivity contribution in [1.29, 1.82) is 0 Å². The number of hydrogen-bond donors (Lipinski definition) is 0. The number of benzene rings is 1. The van der Waals surface area contributed by atoms with Gasteiger partial charge in [-0.05, 0) is 44.9 Å². The fraction of sp³-hybridized carbons (Fsp3) is 0.500. The summed E-state index contributed by atoms with van der Waals surface area (Å²) in [5, 5.41) is 0. The minimum Gasteiger partial charge on any atom is -0.481 e. The average molecular weight is 330 g/mol. The Morgan fingerprint density at radius 3 is 2.74 bits per heavy atom. The molecule has 1 fully saturated rings. The lowest BCUT2D eigenvalue weighted by atomic mass is 10.3. The maximum absolute atomic E-state index is 13.6. The lowest BCUT2D eigenvalue weighted by Gasteiger charge is -2.26. The van der Waals surface area contributed by atoms with E-state index in [4.69, 9.17) is 4.74 Å². The Labute approximate surface area is 120 Å². The maximum atomic E-state index is 13.6. The van der Waals surface area contributed by atoms with Gasteiger partial charge in [0.2, 0.25) is 0 Å². The monoisotopic (exact) mass is 329 g/mol. The average Bonchev–Trinajstić information content (AvgIpc) is 3.12. The fourth-order valence-electron chi connectivity index (χ4n) is 2.07. The molecule has 0 spiro atoms. The number of carbonyl (C=O) groups excluding carboxylic acids is 1. The minimum absolute atomic E-state index is 0.0835. The zero-order valence-electron chi connectivity index (χ0n) is 11.0. The van der Waals surface area contributed by atoms with E-state index in [-0.39, 0.29) is 24.3 Å². The van der Waals surface area contributed by atoms with Crippen LogP contribution >= 0.6 is 15.9 Å². The highest BCUT2D eigenvalue weighted by atomic mass is 79.9. The molecule has 19 heavy (non-hydrogen) atoms. The topological polar surface area (TPSA) is 29.5 Å². The Morgan fingerprint density at radius 1 is 1.53 bits per heavy atom. The Hall–Kier alpha value is -1.10. The lowest BCUT2D eigenvalue weighted by molar-refractivity contribution is -0.135. The summed E-state index contributed by atoms with van der Waals surface area (Å²) in [6.07, 6.45) is 2.10. The molecule has 3 nitrogen and oxygen atoms in total. The zero-order chi connectivity index (χ0) is 14.0. The van der Waals surface area contributed by atoms with Crippen molar-refractivity contribution in [3.05, 3.63) is 28.5 Å². The van der Waals surface area contributed by atoms with Crippen molar-refractivity contribution >= 4 is 21.8 Å². The summed E-state index contributed by atoms with van der Waals surface area (Å²) in [5.74, 6) is -0.444. The molecule has 0 N–H and O–H groups in total. The number of nitrogens with zero attached hydrogens (tertiary/aromatic N) is 1. The van der Waals surface area contributed by atoms with Crippen LogP contribution in [0.3, 0.4) is 0 Å². The van der Waals surface area contributed by atoms with E-state index < -0.39 is 5.82 Å². The first kappa shape index (κ1) is 14.3. The molecule has 2 rings (SSSR count). The molecule has 0 heterocycles. The zero-order valence-corrected chi connectivity index (χ0v) is 12.6. The van der Waals surface area contributed by atoms with Crippen molar-refractivity contribution < 1.29 is 13.9 Å². The molecule has 0 aliphatic heterocycles. The van der Waals surface area contributed by atoms with Gasteiger partial charge in [-0.15, -0.1) is 0 Å². The molecule has 104 valence electrons. The molecule has 0 saturated heterocycles. The van der Waals surface area contributed by atoms with Crippen LogP contribution in [-0.2, 0) is 4.79 Å². The molecular formula is C14H17BrFNO2. The van der Waals surface area contributed by atoms with Crippen molar-refractivity contribution in [2.45, 2.75) is 38.8 Å². The molecule has 1 aliphatic carbocycles. The number of halogens is 2. The second kappa shape index (κ2) is 5.90. The van der Waals surface area contributed by atoms with Crippen molar-refractivity contribution in [1.82, 2.24) is 4.90 Å². The van der Waals surface area contributed by atoms with Gasteiger partial charge in [-0.1, -0.05) is 15.9 Å². The Bertz CT molecular complexity index is 473. The van der Waals surface area contributed by atoms with E-state index in [1.54, 1.807) is 6.07 Å². The smallest absolute Gasteiger partial charge is 0.260 e. The van der Waals surface area contributed by atoms with Crippen molar-refractivity contribution in [3.8, 4) is 5.75 Å². The van der Waals surface area contributed by atoms with Crippen molar-refractivity contribution in [3.63, 3.8) is 0 Å². The molecule has 0 aromatic heterocycles. The summed E-state index contributed by atoms with van der Waals surface area (Å²) < 4.78 is 19.5. The van der Waals surface area contributed by atoms with Crippen LogP contribution in [0.1, 0.15) is 26.7 Å². The first-order chi connectivity index (χ1) is 8.99. The number of rotatable bonds is 5. The van der Waals surface area contributed by atoms with E-state index in [0.29, 0.717) is 10.5 Å². The third kappa shape index (κ3) is 3.69. The van der Waals surface area contributed by atoms with Crippen LogP contribution in [0.4, 0.5) is 4.39 Å². The predicted molar refractivity (Wildman–Crippen MR) is 74.6 cm³/mol. The predicted octanol–water partition coefficient (Wildman–Crippen LogP) is 3.37. The normalized spacial score (nSPS) is 14.6. The molecule has 1 aromatic carbocycles. The molecule has 0 radical (unpaired) electrons. The summed E-state index contributed by atoms with van der Waals surface area (Å²) in [6.45, 7) is 3.85. The first-order valence-corrected chi connectivity index (χ1v) is 7.17. The minimum atomic E-state index is -0.468. The van der Waals surface area contributed by atoms with Crippen LogP contribution < -0.4 is 4.74 Å². The van der Waals surface area contributed by atoms with Gasteiger partial charge in [-0.25, -0.2) is 4.39 Å². The van der Waals surface area contributed by atoms with Gasteiger partial charge in [0.15, 0.2) is 18.2 Å². The summed E-state index contributed by atoms with van der Waals surface area (Å²) in [7, 11) is 0. The summed E-state index contributed by atoms with van der Waals surface area (Å²) >= 11 is 3.18. The Kier molecular flexibility index (Phi) is 4.45. The third-order valence-corrected chi connectivity index (χ3v) is 3.52. The molecular weight excluding hydrogens is 313 g/mol. The van der Waals surface area contributed by atoms with Gasteiger partial charge in [0, 0.05) is 16.6 Å².